The summed E-state index contributed by atoms with van der Waals surface area (Å²) in [5.74, 6) is -0.915. The lowest BCUT2D eigenvalue weighted by Crippen LogP contribution is -2.48. The topological polar surface area (TPSA) is 228 Å². The van der Waals surface area contributed by atoms with Crippen LogP contribution in [0.3, 0.4) is 0 Å². The first-order valence-electron chi connectivity index (χ1n) is 11.7. The Hall–Kier alpha value is -3.20. The zero-order valence-electron chi connectivity index (χ0n) is 21.6. The van der Waals surface area contributed by atoms with E-state index < -0.39 is 62.2 Å². The predicted molar refractivity (Wildman–Crippen MR) is 129 cm³/mol. The van der Waals surface area contributed by atoms with Gasteiger partial charge in [-0.1, -0.05) is 6.92 Å². The van der Waals surface area contributed by atoms with Crippen LogP contribution in [0, 0.1) is 5.92 Å². The number of ether oxygens (including phenoxy) is 5. The first-order chi connectivity index (χ1) is 17.6. The second kappa shape index (κ2) is 10.9. The number of aromatic nitrogens is 4. The molecular formula is C21H32N5O11P. The van der Waals surface area contributed by atoms with Crippen LogP contribution < -0.4 is 5.73 Å². The SMILES string of the molecule is CC(C)OC(=O)OCC(COC(=O)OC(C)C)(OC1(Cn2cnc3c(O)nc(N)nc32)CC1C)P(=O)(O)O. The molecule has 1 aliphatic carbocycles. The Morgan fingerprint density at radius 3 is 2.13 bits per heavy atom. The smallest absolute Gasteiger partial charge is 0.492 e. The van der Waals surface area contributed by atoms with Gasteiger partial charge in [-0.2, -0.15) is 9.97 Å². The highest BCUT2D eigenvalue weighted by Gasteiger charge is 2.63. The highest BCUT2D eigenvalue weighted by Crippen LogP contribution is 2.59. The van der Waals surface area contributed by atoms with Crippen molar-refractivity contribution in [2.75, 3.05) is 18.9 Å². The molecule has 0 bridgehead atoms. The number of nitrogens with zero attached hydrogens (tertiary/aromatic N) is 4. The average molecular weight is 561 g/mol. The first-order valence-corrected chi connectivity index (χ1v) is 13.3. The molecule has 0 spiro atoms. The number of nitrogens with two attached hydrogens (primary N) is 1. The molecule has 0 aromatic carbocycles. The van der Waals surface area contributed by atoms with Gasteiger partial charge in [-0.25, -0.2) is 14.6 Å². The van der Waals surface area contributed by atoms with Crippen LogP contribution >= 0.6 is 7.60 Å². The molecule has 1 saturated carbocycles. The minimum Gasteiger partial charge on any atom is -0.492 e. The summed E-state index contributed by atoms with van der Waals surface area (Å²) in [4.78, 5) is 56.7. The Labute approximate surface area is 217 Å². The Kier molecular flexibility index (Phi) is 8.41. The zero-order chi connectivity index (χ0) is 28.5. The molecule has 3 rings (SSSR count). The molecule has 2 unspecified atom stereocenters. The molecule has 38 heavy (non-hydrogen) atoms. The van der Waals surface area contributed by atoms with Crippen LogP contribution in [0.15, 0.2) is 6.33 Å². The van der Waals surface area contributed by atoms with Crippen LogP contribution in [0.5, 0.6) is 5.88 Å². The maximum atomic E-state index is 12.9. The van der Waals surface area contributed by atoms with Crippen molar-refractivity contribution in [2.24, 2.45) is 5.92 Å². The molecule has 2 atom stereocenters. The summed E-state index contributed by atoms with van der Waals surface area (Å²) in [7, 11) is -5.32. The van der Waals surface area contributed by atoms with Crippen molar-refractivity contribution in [3.05, 3.63) is 6.33 Å². The minimum absolute atomic E-state index is 0.0464. The summed E-state index contributed by atoms with van der Waals surface area (Å²) in [5, 5.41) is 7.42. The van der Waals surface area contributed by atoms with E-state index in [4.69, 9.17) is 29.4 Å². The van der Waals surface area contributed by atoms with E-state index in [1.54, 1.807) is 34.6 Å². The van der Waals surface area contributed by atoms with Crippen LogP contribution in [-0.2, 0) is 34.8 Å². The predicted octanol–water partition coefficient (Wildman–Crippen LogP) is 1.91. The van der Waals surface area contributed by atoms with Gasteiger partial charge in [0.1, 0.15) is 13.2 Å². The molecule has 5 N–H and O–H groups in total. The van der Waals surface area contributed by atoms with Gasteiger partial charge in [0.15, 0.2) is 11.2 Å². The monoisotopic (exact) mass is 561 g/mol. The van der Waals surface area contributed by atoms with Gasteiger partial charge in [-0.3, -0.25) is 4.57 Å². The van der Waals surface area contributed by atoms with Crippen molar-refractivity contribution < 1.29 is 52.7 Å². The molecule has 212 valence electrons. The molecule has 2 aromatic heterocycles. The quantitative estimate of drug-likeness (QED) is 0.227. The van der Waals surface area contributed by atoms with Crippen molar-refractivity contribution in [1.82, 2.24) is 19.5 Å². The van der Waals surface area contributed by atoms with E-state index in [2.05, 4.69) is 15.0 Å². The third kappa shape index (κ3) is 6.62. The third-order valence-electron chi connectivity index (χ3n) is 5.71. The molecule has 0 radical (unpaired) electrons. The van der Waals surface area contributed by atoms with E-state index >= 15 is 0 Å². The number of imidazole rings is 1. The van der Waals surface area contributed by atoms with Crippen molar-refractivity contribution in [1.29, 1.82) is 0 Å². The Morgan fingerprint density at radius 2 is 1.68 bits per heavy atom. The summed E-state index contributed by atoms with van der Waals surface area (Å²) in [6.45, 7) is 5.95. The third-order valence-corrected chi connectivity index (χ3v) is 7.12. The molecule has 2 aromatic rings. The number of carbonyl (C=O) groups excluding carboxylic acids is 2. The number of rotatable bonds is 11. The fourth-order valence-electron chi connectivity index (χ4n) is 3.71. The summed E-state index contributed by atoms with van der Waals surface area (Å²) in [6.07, 6.45) is -1.89. The number of hydrogen-bond acceptors (Lipinski definition) is 13. The Morgan fingerprint density at radius 1 is 1.16 bits per heavy atom. The Bertz CT molecular complexity index is 1200. The van der Waals surface area contributed by atoms with Gasteiger partial charge in [0.2, 0.25) is 17.2 Å². The zero-order valence-corrected chi connectivity index (χ0v) is 22.5. The van der Waals surface area contributed by atoms with Crippen molar-refractivity contribution in [3.63, 3.8) is 0 Å². The molecule has 2 heterocycles. The summed E-state index contributed by atoms with van der Waals surface area (Å²) in [6, 6.07) is 0. The van der Waals surface area contributed by atoms with Crippen LogP contribution in [0.2, 0.25) is 0 Å². The van der Waals surface area contributed by atoms with Crippen LogP contribution in [0.1, 0.15) is 41.0 Å². The van der Waals surface area contributed by atoms with Crippen LogP contribution in [0.4, 0.5) is 15.5 Å². The standard InChI is InChI=1S/C21H32N5O11P/c1-11(2)35-18(28)33-8-21(38(30,31)32,9-34-19(29)36-12(3)4)37-20(6-13(20)5)7-26-10-23-14-15(26)24-17(22)25-16(14)27/h10-13H,6-9H2,1-5H3,(H2,30,31,32)(H3,22,24,25,27). The van der Waals surface area contributed by atoms with E-state index in [1.165, 1.54) is 10.9 Å². The second-order valence-corrected chi connectivity index (χ2v) is 11.5. The summed E-state index contributed by atoms with van der Waals surface area (Å²) in [5.41, 5.74) is 4.61. The molecule has 17 heteroatoms. The van der Waals surface area contributed by atoms with Gasteiger partial charge in [-0.15, -0.1) is 0 Å². The number of hydrogen-bond donors (Lipinski definition) is 4. The lowest BCUT2D eigenvalue weighted by atomic mass is 10.2. The van der Waals surface area contributed by atoms with Crippen molar-refractivity contribution in [3.8, 4) is 5.88 Å². The molecule has 1 fully saturated rings. The van der Waals surface area contributed by atoms with Gasteiger partial charge in [0.05, 0.1) is 30.7 Å². The second-order valence-electron chi connectivity index (χ2n) is 9.62. The van der Waals surface area contributed by atoms with E-state index in [0.29, 0.717) is 6.42 Å². The van der Waals surface area contributed by atoms with Crippen LogP contribution in [-0.4, -0.2) is 83.1 Å². The number of nitrogen functional groups attached to an aromatic ring is 1. The van der Waals surface area contributed by atoms with E-state index in [-0.39, 0.29) is 29.6 Å². The van der Waals surface area contributed by atoms with Crippen molar-refractivity contribution in [2.45, 2.75) is 70.7 Å². The van der Waals surface area contributed by atoms with Crippen molar-refractivity contribution >= 4 is 37.0 Å². The van der Waals surface area contributed by atoms with Gasteiger partial charge in [0.25, 0.3) is 0 Å². The maximum Gasteiger partial charge on any atom is 0.508 e. The normalized spacial score (nSPS) is 19.6. The number of fused-ring (bicyclic) bond motifs is 1. The highest BCUT2D eigenvalue weighted by atomic mass is 31.2. The highest BCUT2D eigenvalue weighted by molar-refractivity contribution is 7.53. The minimum atomic E-state index is -5.32. The lowest BCUT2D eigenvalue weighted by Gasteiger charge is -2.37. The molecule has 16 nitrogen and oxygen atoms in total. The number of aromatic hydroxyl groups is 1. The van der Waals surface area contributed by atoms with Gasteiger partial charge >= 0.3 is 19.9 Å². The largest absolute Gasteiger partial charge is 0.508 e. The van der Waals surface area contributed by atoms with Gasteiger partial charge in [0, 0.05) is 0 Å². The van der Waals surface area contributed by atoms with Gasteiger partial charge < -0.3 is 48.9 Å². The lowest BCUT2D eigenvalue weighted by molar-refractivity contribution is -0.137. The number of anilines is 1. The van der Waals surface area contributed by atoms with Crippen LogP contribution in [0.25, 0.3) is 11.2 Å². The molecular weight excluding hydrogens is 529 g/mol. The fourth-order valence-corrected chi connectivity index (χ4v) is 4.47. The molecule has 1 aliphatic rings. The fraction of sp³-hybridized carbons (Fsp3) is 0.667. The maximum absolute atomic E-state index is 12.9. The Balaban J connectivity index is 1.95. The first kappa shape index (κ1) is 29.4. The van der Waals surface area contributed by atoms with E-state index in [0.717, 1.165) is 0 Å². The summed E-state index contributed by atoms with van der Waals surface area (Å²) >= 11 is 0. The van der Waals surface area contributed by atoms with Gasteiger partial charge in [-0.05, 0) is 40.0 Å². The van der Waals surface area contributed by atoms with E-state index in [9.17, 15) is 29.0 Å². The summed E-state index contributed by atoms with van der Waals surface area (Å²) < 4.78 is 40.2. The van der Waals surface area contributed by atoms with E-state index in [1.807, 2.05) is 0 Å². The molecule has 0 amide bonds. The molecule has 0 aliphatic heterocycles. The number of carbonyl (C=O) groups is 2. The molecule has 0 saturated heterocycles. The average Bonchev–Trinajstić information content (AvgIpc) is 3.19.